The maximum atomic E-state index is 12.8. The van der Waals surface area contributed by atoms with E-state index in [1.54, 1.807) is 0 Å². The molecule has 0 bridgehead atoms. The van der Waals surface area contributed by atoms with Crippen molar-refractivity contribution in [2.24, 2.45) is 0 Å². The van der Waals surface area contributed by atoms with Crippen LogP contribution < -0.4 is 0 Å². The smallest absolute Gasteiger partial charge is 0.306 e. The van der Waals surface area contributed by atoms with Crippen molar-refractivity contribution >= 4 is 11.9 Å². The van der Waals surface area contributed by atoms with Gasteiger partial charge in [0.25, 0.3) is 0 Å². The Balaban J connectivity index is 1.84. The first kappa shape index (κ1) is 45.5. The van der Waals surface area contributed by atoms with Gasteiger partial charge in [-0.1, -0.05) is 153 Å². The van der Waals surface area contributed by atoms with E-state index in [2.05, 4.69) is 49.6 Å². The van der Waals surface area contributed by atoms with Crippen LogP contribution in [0.3, 0.4) is 0 Å². The molecule has 0 amide bonds. The van der Waals surface area contributed by atoms with E-state index < -0.39 is 0 Å². The van der Waals surface area contributed by atoms with Crippen molar-refractivity contribution in [2.45, 2.75) is 169 Å². The number of nitrogens with zero attached hydrogens (tertiary/aromatic N) is 2. The van der Waals surface area contributed by atoms with Gasteiger partial charge in [-0.15, -0.1) is 0 Å². The van der Waals surface area contributed by atoms with Crippen molar-refractivity contribution in [3.05, 3.63) is 59.7 Å². The Labute approximate surface area is 319 Å². The minimum atomic E-state index is -0.146. The van der Waals surface area contributed by atoms with Crippen LogP contribution in [0.2, 0.25) is 0 Å². The lowest BCUT2D eigenvalue weighted by molar-refractivity contribution is -0.146. The Hall–Kier alpha value is -2.70. The highest BCUT2D eigenvalue weighted by Gasteiger charge is 2.14. The summed E-state index contributed by atoms with van der Waals surface area (Å²) in [7, 11) is 0. The van der Waals surface area contributed by atoms with Gasteiger partial charge in [-0.05, 0) is 100 Å². The summed E-state index contributed by atoms with van der Waals surface area (Å²) in [5.74, 6) is -0.292. The van der Waals surface area contributed by atoms with Crippen molar-refractivity contribution in [3.8, 4) is 11.1 Å². The average molecular weight is 721 g/mol. The van der Waals surface area contributed by atoms with Crippen molar-refractivity contribution in [1.82, 2.24) is 9.80 Å². The van der Waals surface area contributed by atoms with Gasteiger partial charge in [-0.2, -0.15) is 0 Å². The van der Waals surface area contributed by atoms with Crippen molar-refractivity contribution in [3.63, 3.8) is 0 Å². The van der Waals surface area contributed by atoms with E-state index in [0.717, 1.165) is 74.4 Å². The number of esters is 2. The summed E-state index contributed by atoms with van der Waals surface area (Å²) in [5.41, 5.74) is 3.93. The fourth-order valence-electron chi connectivity index (χ4n) is 6.84. The molecule has 6 nitrogen and oxygen atoms in total. The van der Waals surface area contributed by atoms with E-state index in [1.807, 2.05) is 36.4 Å². The maximum absolute atomic E-state index is 12.8. The lowest BCUT2D eigenvalue weighted by atomic mass is 9.96. The van der Waals surface area contributed by atoms with E-state index in [0.29, 0.717) is 12.8 Å². The van der Waals surface area contributed by atoms with Crippen LogP contribution in [-0.4, -0.2) is 61.0 Å². The molecule has 0 aliphatic rings. The van der Waals surface area contributed by atoms with Gasteiger partial charge in [0, 0.05) is 12.8 Å². The second kappa shape index (κ2) is 30.7. The highest BCUT2D eigenvalue weighted by atomic mass is 16.5. The van der Waals surface area contributed by atoms with Gasteiger partial charge in [0.05, 0.1) is 0 Å². The fraction of sp³-hybridized carbons (Fsp3) is 0.696. The summed E-state index contributed by atoms with van der Waals surface area (Å²) in [4.78, 5) is 30.8. The van der Waals surface area contributed by atoms with Gasteiger partial charge >= 0.3 is 11.9 Å². The first-order valence-corrected chi connectivity index (χ1v) is 21.4. The van der Waals surface area contributed by atoms with E-state index in [-0.39, 0.29) is 25.2 Å². The minimum Gasteiger partial charge on any atom is -0.461 e. The molecule has 0 saturated carbocycles. The lowest BCUT2D eigenvalue weighted by Gasteiger charge is -2.22. The average Bonchev–Trinajstić information content (AvgIpc) is 3.16. The molecule has 0 heterocycles. The van der Waals surface area contributed by atoms with E-state index in [1.165, 1.54) is 103 Å². The molecule has 294 valence electrons. The topological polar surface area (TPSA) is 59.1 Å². The normalized spacial score (nSPS) is 11.4. The number of benzene rings is 2. The number of hydrogen-bond acceptors (Lipinski definition) is 6. The van der Waals surface area contributed by atoms with Crippen LogP contribution >= 0.6 is 0 Å². The van der Waals surface area contributed by atoms with Crippen LogP contribution in [0.1, 0.15) is 167 Å². The molecule has 0 aliphatic carbocycles. The zero-order chi connectivity index (χ0) is 37.5. The molecule has 2 aromatic carbocycles. The van der Waals surface area contributed by atoms with Crippen LogP contribution in [0.5, 0.6) is 0 Å². The molecule has 2 aromatic rings. The van der Waals surface area contributed by atoms with Gasteiger partial charge in [0.1, 0.15) is 13.2 Å². The zero-order valence-electron chi connectivity index (χ0n) is 33.9. The van der Waals surface area contributed by atoms with Gasteiger partial charge in [-0.25, -0.2) is 0 Å². The Morgan fingerprint density at radius 3 is 1.15 bits per heavy atom. The Morgan fingerprint density at radius 2 is 0.750 bits per heavy atom. The quantitative estimate of drug-likeness (QED) is 0.0540. The molecule has 0 atom stereocenters. The number of hydrogen-bond donors (Lipinski definition) is 0. The van der Waals surface area contributed by atoms with Crippen molar-refractivity contribution in [2.75, 3.05) is 39.3 Å². The maximum Gasteiger partial charge on any atom is 0.306 e. The molecule has 0 saturated heterocycles. The number of ether oxygens (including phenoxy) is 2. The van der Waals surface area contributed by atoms with Gasteiger partial charge < -0.3 is 19.3 Å². The van der Waals surface area contributed by atoms with E-state index in [4.69, 9.17) is 9.47 Å². The predicted octanol–water partition coefficient (Wildman–Crippen LogP) is 11.9. The molecule has 0 spiro atoms. The molecule has 0 unspecified atom stereocenters. The monoisotopic (exact) mass is 721 g/mol. The molecule has 0 N–H and O–H groups in total. The summed E-state index contributed by atoms with van der Waals surface area (Å²) in [6.45, 7) is 15.8. The highest BCUT2D eigenvalue weighted by Crippen LogP contribution is 2.28. The van der Waals surface area contributed by atoms with Gasteiger partial charge in [0.2, 0.25) is 0 Å². The molecule has 6 heteroatoms. The Kier molecular flexibility index (Phi) is 26.9. The third-order valence-corrected chi connectivity index (χ3v) is 10.1. The van der Waals surface area contributed by atoms with E-state index >= 15 is 0 Å². The first-order valence-electron chi connectivity index (χ1n) is 21.4. The van der Waals surface area contributed by atoms with E-state index in [9.17, 15) is 9.59 Å². The third-order valence-electron chi connectivity index (χ3n) is 10.1. The van der Waals surface area contributed by atoms with Crippen LogP contribution in [0.4, 0.5) is 0 Å². The summed E-state index contributed by atoms with van der Waals surface area (Å²) >= 11 is 0. The van der Waals surface area contributed by atoms with Crippen LogP contribution in [0, 0.1) is 0 Å². The van der Waals surface area contributed by atoms with Crippen LogP contribution in [0.15, 0.2) is 48.5 Å². The molecule has 0 radical (unpaired) electrons. The molecule has 2 rings (SSSR count). The number of carbonyl (C=O) groups excluding carboxylic acids is 2. The SMILES string of the molecule is CCCCCCCCN(CCCC)CCCC(=O)OCc1ccccc1-c1ccccc1COC(=O)CCCN(CCCC)CCCCCCCC. The number of carbonyl (C=O) groups is 2. The second-order valence-electron chi connectivity index (χ2n) is 14.8. The van der Waals surface area contributed by atoms with Crippen molar-refractivity contribution < 1.29 is 19.1 Å². The molecule has 0 aliphatic heterocycles. The standard InChI is InChI=1S/C46H76N2O4/c1-5-9-13-15-17-23-35-47(33-11-7-3)37-25-31-45(49)51-39-41-27-19-21-29-43(41)44-30-22-20-28-42(44)40-52-46(50)32-26-38-48(34-12-8-4)36-24-18-16-14-10-6-2/h19-22,27-30H,5-18,23-26,31-40H2,1-4H3. The van der Waals surface area contributed by atoms with Crippen LogP contribution in [0.25, 0.3) is 11.1 Å². The van der Waals surface area contributed by atoms with Gasteiger partial charge in [0.15, 0.2) is 0 Å². The zero-order valence-corrected chi connectivity index (χ0v) is 33.9. The molecule has 52 heavy (non-hydrogen) atoms. The summed E-state index contributed by atoms with van der Waals surface area (Å²) < 4.78 is 11.6. The second-order valence-corrected chi connectivity index (χ2v) is 14.8. The largest absolute Gasteiger partial charge is 0.461 e. The number of rotatable bonds is 33. The predicted molar refractivity (Wildman–Crippen MR) is 219 cm³/mol. The lowest BCUT2D eigenvalue weighted by Crippen LogP contribution is -2.27. The molecular formula is C46H76N2O4. The minimum absolute atomic E-state index is 0.146. The molecule has 0 aromatic heterocycles. The summed E-state index contributed by atoms with van der Waals surface area (Å²) in [6.07, 6.45) is 23.0. The van der Waals surface area contributed by atoms with Gasteiger partial charge in [-0.3, -0.25) is 9.59 Å². The first-order chi connectivity index (χ1) is 25.5. The Morgan fingerprint density at radius 1 is 0.423 bits per heavy atom. The summed E-state index contributed by atoms with van der Waals surface area (Å²) in [5, 5.41) is 0. The van der Waals surface area contributed by atoms with Crippen molar-refractivity contribution in [1.29, 1.82) is 0 Å². The number of unbranched alkanes of at least 4 members (excludes halogenated alkanes) is 12. The Bertz CT molecular complexity index is 1090. The fourth-order valence-corrected chi connectivity index (χ4v) is 6.84. The highest BCUT2D eigenvalue weighted by molar-refractivity contribution is 5.73. The summed E-state index contributed by atoms with van der Waals surface area (Å²) in [6, 6.07) is 16.2. The molecule has 0 fully saturated rings. The molecular weight excluding hydrogens is 645 g/mol. The third kappa shape index (κ3) is 21.1. The van der Waals surface area contributed by atoms with Crippen LogP contribution in [-0.2, 0) is 32.3 Å².